The molecule has 1 fully saturated rings. The number of carboxylic acids is 1. The number of aryl methyl sites for hydroxylation is 1. The van der Waals surface area contributed by atoms with E-state index in [2.05, 4.69) is 15.5 Å². The molecule has 0 atom stereocenters. The highest BCUT2D eigenvalue weighted by Crippen LogP contribution is 2.46. The molecule has 108 valence electrons. The van der Waals surface area contributed by atoms with Gasteiger partial charge in [0.1, 0.15) is 17.6 Å². The van der Waals surface area contributed by atoms with Crippen LogP contribution in [0.2, 0.25) is 0 Å². The fraction of sp³-hybridized carbons (Fsp3) is 0.286. The van der Waals surface area contributed by atoms with Gasteiger partial charge in [0.15, 0.2) is 0 Å². The van der Waals surface area contributed by atoms with Crippen LogP contribution in [0.25, 0.3) is 5.69 Å². The molecule has 1 saturated carbocycles. The third-order valence-electron chi connectivity index (χ3n) is 3.69. The number of aromatic nitrogens is 3. The number of carbonyl (C=O) groups is 2. The van der Waals surface area contributed by atoms with Gasteiger partial charge in [-0.3, -0.25) is 14.2 Å². The first-order chi connectivity index (χ1) is 10.0. The summed E-state index contributed by atoms with van der Waals surface area (Å²) in [5.74, 6) is -0.805. The molecular weight excluding hydrogens is 272 g/mol. The maximum atomic E-state index is 12.1. The Labute approximate surface area is 120 Å². The zero-order valence-corrected chi connectivity index (χ0v) is 11.4. The van der Waals surface area contributed by atoms with Crippen molar-refractivity contribution in [2.75, 3.05) is 5.32 Å². The van der Waals surface area contributed by atoms with Crippen molar-refractivity contribution in [1.29, 1.82) is 0 Å². The van der Waals surface area contributed by atoms with E-state index in [1.165, 1.54) is 0 Å². The Morgan fingerprint density at radius 1 is 1.38 bits per heavy atom. The van der Waals surface area contributed by atoms with Gasteiger partial charge < -0.3 is 10.4 Å². The fourth-order valence-corrected chi connectivity index (χ4v) is 2.19. The third kappa shape index (κ3) is 2.26. The molecule has 0 unspecified atom stereocenters. The van der Waals surface area contributed by atoms with Crippen molar-refractivity contribution in [2.45, 2.75) is 19.8 Å². The summed E-state index contributed by atoms with van der Waals surface area (Å²) in [7, 11) is 0. The smallest absolute Gasteiger partial charge is 0.319 e. The summed E-state index contributed by atoms with van der Waals surface area (Å²) in [5, 5.41) is 19.5. The number of rotatable bonds is 4. The van der Waals surface area contributed by atoms with E-state index >= 15 is 0 Å². The molecular formula is C14H14N4O3. The Kier molecular flexibility index (Phi) is 2.97. The van der Waals surface area contributed by atoms with Gasteiger partial charge in [-0.05, 0) is 38.0 Å². The zero-order valence-electron chi connectivity index (χ0n) is 11.4. The molecule has 7 nitrogen and oxygen atoms in total. The Balaban J connectivity index is 1.83. The second-order valence-electron chi connectivity index (χ2n) is 5.14. The highest BCUT2D eigenvalue weighted by atomic mass is 16.4. The number of hydrogen-bond donors (Lipinski definition) is 2. The number of carbonyl (C=O) groups excluding carboxylic acids is 1. The van der Waals surface area contributed by atoms with Crippen molar-refractivity contribution in [3.05, 3.63) is 36.4 Å². The first-order valence-electron chi connectivity index (χ1n) is 6.55. The van der Waals surface area contributed by atoms with E-state index < -0.39 is 17.3 Å². The predicted molar refractivity (Wildman–Crippen MR) is 74.0 cm³/mol. The molecule has 0 saturated heterocycles. The lowest BCUT2D eigenvalue weighted by Crippen LogP contribution is -2.31. The molecule has 1 aliphatic rings. The molecule has 2 aromatic rings. The van der Waals surface area contributed by atoms with E-state index in [0.29, 0.717) is 18.5 Å². The zero-order chi connectivity index (χ0) is 15.0. The van der Waals surface area contributed by atoms with Gasteiger partial charge >= 0.3 is 5.97 Å². The van der Waals surface area contributed by atoms with Crippen LogP contribution in [0.5, 0.6) is 0 Å². The number of amides is 1. The van der Waals surface area contributed by atoms with Gasteiger partial charge in [-0.2, -0.15) is 0 Å². The van der Waals surface area contributed by atoms with Gasteiger partial charge in [0.25, 0.3) is 0 Å². The molecule has 3 rings (SSSR count). The second kappa shape index (κ2) is 4.69. The van der Waals surface area contributed by atoms with Crippen molar-refractivity contribution in [3.63, 3.8) is 0 Å². The van der Waals surface area contributed by atoms with Crippen LogP contribution in [0.3, 0.4) is 0 Å². The minimum atomic E-state index is -1.25. The maximum absolute atomic E-state index is 12.1. The molecule has 0 spiro atoms. The monoisotopic (exact) mass is 286 g/mol. The summed E-state index contributed by atoms with van der Waals surface area (Å²) in [6.45, 7) is 1.82. The number of anilines is 1. The largest absolute Gasteiger partial charge is 0.480 e. The first kappa shape index (κ1) is 13.3. The fourth-order valence-electron chi connectivity index (χ4n) is 2.19. The minimum absolute atomic E-state index is 0.387. The Hall–Kier alpha value is -2.70. The molecule has 0 aliphatic heterocycles. The van der Waals surface area contributed by atoms with Gasteiger partial charge in [0.05, 0.1) is 5.69 Å². The van der Waals surface area contributed by atoms with Crippen LogP contribution in [0.1, 0.15) is 18.7 Å². The summed E-state index contributed by atoms with van der Waals surface area (Å²) in [4.78, 5) is 23.2. The predicted octanol–water partition coefficient (Wildman–Crippen LogP) is 1.38. The third-order valence-corrected chi connectivity index (χ3v) is 3.69. The van der Waals surface area contributed by atoms with E-state index in [4.69, 9.17) is 5.11 Å². The van der Waals surface area contributed by atoms with Gasteiger partial charge in [-0.1, -0.05) is 6.07 Å². The van der Waals surface area contributed by atoms with Crippen LogP contribution in [-0.4, -0.2) is 31.7 Å². The van der Waals surface area contributed by atoms with Crippen molar-refractivity contribution >= 4 is 17.6 Å². The summed E-state index contributed by atoms with van der Waals surface area (Å²) >= 11 is 0. The van der Waals surface area contributed by atoms with Crippen molar-refractivity contribution in [1.82, 2.24) is 14.8 Å². The normalized spacial score (nSPS) is 15.5. The number of nitrogens with one attached hydrogen (secondary N) is 1. The van der Waals surface area contributed by atoms with Crippen LogP contribution in [0.4, 0.5) is 5.69 Å². The van der Waals surface area contributed by atoms with E-state index in [0.717, 1.165) is 11.5 Å². The number of nitrogens with zero attached hydrogens (tertiary/aromatic N) is 3. The Bertz CT molecular complexity index is 719. The lowest BCUT2D eigenvalue weighted by Gasteiger charge is -2.12. The number of hydrogen-bond acceptors (Lipinski definition) is 4. The summed E-state index contributed by atoms with van der Waals surface area (Å²) in [6, 6.07) is 7.12. The van der Waals surface area contributed by atoms with Crippen LogP contribution in [0.15, 0.2) is 30.6 Å². The first-order valence-corrected chi connectivity index (χ1v) is 6.55. The van der Waals surface area contributed by atoms with Crippen LogP contribution >= 0.6 is 0 Å². The minimum Gasteiger partial charge on any atom is -0.480 e. The number of aliphatic carboxylic acids is 1. The average molecular weight is 286 g/mol. The van der Waals surface area contributed by atoms with E-state index in [-0.39, 0.29) is 0 Å². The van der Waals surface area contributed by atoms with Gasteiger partial charge in [0, 0.05) is 5.69 Å². The van der Waals surface area contributed by atoms with Crippen molar-refractivity contribution < 1.29 is 14.7 Å². The number of benzene rings is 1. The molecule has 1 aromatic carbocycles. The molecule has 21 heavy (non-hydrogen) atoms. The molecule has 1 heterocycles. The second-order valence-corrected chi connectivity index (χ2v) is 5.14. The Morgan fingerprint density at radius 3 is 2.71 bits per heavy atom. The Morgan fingerprint density at radius 2 is 2.14 bits per heavy atom. The lowest BCUT2D eigenvalue weighted by molar-refractivity contribution is -0.147. The van der Waals surface area contributed by atoms with Crippen LogP contribution < -0.4 is 5.32 Å². The average Bonchev–Trinajstić information content (AvgIpc) is 3.17. The highest BCUT2D eigenvalue weighted by Gasteiger charge is 2.57. The maximum Gasteiger partial charge on any atom is 0.319 e. The van der Waals surface area contributed by atoms with E-state index in [9.17, 15) is 9.59 Å². The molecule has 0 radical (unpaired) electrons. The van der Waals surface area contributed by atoms with Gasteiger partial charge in [-0.25, -0.2) is 0 Å². The summed E-state index contributed by atoms with van der Waals surface area (Å²) in [5.41, 5.74) is 0.108. The van der Waals surface area contributed by atoms with Crippen molar-refractivity contribution in [2.24, 2.45) is 5.41 Å². The van der Waals surface area contributed by atoms with E-state index in [1.54, 1.807) is 29.1 Å². The van der Waals surface area contributed by atoms with Crippen molar-refractivity contribution in [3.8, 4) is 5.69 Å². The van der Waals surface area contributed by atoms with Gasteiger partial charge in [0.2, 0.25) is 5.91 Å². The summed E-state index contributed by atoms with van der Waals surface area (Å²) in [6.07, 6.45) is 2.35. The molecule has 1 aliphatic carbocycles. The molecule has 1 aromatic heterocycles. The SMILES string of the molecule is Cc1nncn1-c1cccc(NC(=O)C2(C(=O)O)CC2)c1. The van der Waals surface area contributed by atoms with Crippen LogP contribution in [-0.2, 0) is 9.59 Å². The van der Waals surface area contributed by atoms with E-state index in [1.807, 2.05) is 13.0 Å². The topological polar surface area (TPSA) is 97.1 Å². The molecule has 2 N–H and O–H groups in total. The van der Waals surface area contributed by atoms with Gasteiger partial charge in [-0.15, -0.1) is 10.2 Å². The molecule has 0 bridgehead atoms. The quantitative estimate of drug-likeness (QED) is 0.827. The highest BCUT2D eigenvalue weighted by molar-refractivity contribution is 6.10. The molecule has 1 amide bonds. The number of carboxylic acid groups (broad SMARTS) is 1. The summed E-state index contributed by atoms with van der Waals surface area (Å²) < 4.78 is 1.78. The standard InChI is InChI=1S/C14H14N4O3/c1-9-17-15-8-18(9)11-4-2-3-10(7-11)16-12(19)14(5-6-14)13(20)21/h2-4,7-8H,5-6H2,1H3,(H,16,19)(H,20,21). The molecule has 7 heteroatoms. The lowest BCUT2D eigenvalue weighted by atomic mass is 10.1. The van der Waals surface area contributed by atoms with Crippen LogP contribution in [0, 0.1) is 12.3 Å².